The summed E-state index contributed by atoms with van der Waals surface area (Å²) in [5, 5.41) is 2.80. The first kappa shape index (κ1) is 18.0. The van der Waals surface area contributed by atoms with Gasteiger partial charge in [0.05, 0.1) is 19.3 Å². The van der Waals surface area contributed by atoms with Gasteiger partial charge in [-0.1, -0.05) is 0 Å². The summed E-state index contributed by atoms with van der Waals surface area (Å²) in [6, 6.07) is 1.34. The van der Waals surface area contributed by atoms with Crippen molar-refractivity contribution < 1.29 is 18.7 Å². The molecule has 0 unspecified atom stereocenters. The van der Waals surface area contributed by atoms with Crippen LogP contribution in [-0.4, -0.2) is 28.9 Å². The first-order chi connectivity index (χ1) is 12.2. The number of ether oxygens (including phenoxy) is 1. The third-order valence-electron chi connectivity index (χ3n) is 4.91. The molecule has 0 saturated carbocycles. The van der Waals surface area contributed by atoms with Crippen LogP contribution in [0.25, 0.3) is 0 Å². The van der Waals surface area contributed by atoms with Crippen molar-refractivity contribution >= 4 is 11.9 Å². The Hall–Kier alpha value is -2.83. The molecule has 3 heterocycles. The SMILES string of the molecule is COc1c(C)cnc(CN2C(=O)N[C@](C)(c3cc(C)oc3C)C2=O)c1C. The predicted molar refractivity (Wildman–Crippen MR) is 94.9 cm³/mol. The summed E-state index contributed by atoms with van der Waals surface area (Å²) >= 11 is 0. The van der Waals surface area contributed by atoms with Crippen molar-refractivity contribution in [1.82, 2.24) is 15.2 Å². The van der Waals surface area contributed by atoms with Gasteiger partial charge in [-0.05, 0) is 40.7 Å². The van der Waals surface area contributed by atoms with Crippen LogP contribution in [0.5, 0.6) is 5.75 Å². The summed E-state index contributed by atoms with van der Waals surface area (Å²) < 4.78 is 10.9. The number of hydrogen-bond acceptors (Lipinski definition) is 5. The maximum absolute atomic E-state index is 13.1. The number of nitrogens with zero attached hydrogens (tertiary/aromatic N) is 2. The quantitative estimate of drug-likeness (QED) is 0.851. The van der Waals surface area contributed by atoms with Gasteiger partial charge in [0.1, 0.15) is 22.8 Å². The molecule has 0 aromatic carbocycles. The number of nitrogens with one attached hydrogen (secondary N) is 1. The number of furan rings is 1. The molecule has 2 aromatic rings. The number of imide groups is 1. The smallest absolute Gasteiger partial charge is 0.325 e. The van der Waals surface area contributed by atoms with Crippen LogP contribution in [-0.2, 0) is 16.9 Å². The van der Waals surface area contributed by atoms with E-state index in [9.17, 15) is 9.59 Å². The van der Waals surface area contributed by atoms with Gasteiger partial charge in [-0.2, -0.15) is 0 Å². The summed E-state index contributed by atoms with van der Waals surface area (Å²) in [4.78, 5) is 31.2. The van der Waals surface area contributed by atoms with Crippen molar-refractivity contribution in [3.05, 3.63) is 46.2 Å². The minimum Gasteiger partial charge on any atom is -0.496 e. The van der Waals surface area contributed by atoms with E-state index in [4.69, 9.17) is 9.15 Å². The molecular formula is C19H23N3O4. The van der Waals surface area contributed by atoms with Crippen LogP contribution in [0.4, 0.5) is 4.79 Å². The molecule has 0 radical (unpaired) electrons. The molecule has 3 rings (SSSR count). The summed E-state index contributed by atoms with van der Waals surface area (Å²) in [5.74, 6) is 1.70. The Labute approximate surface area is 152 Å². The standard InChI is InChI=1S/C19H23N3O4/c1-10-8-20-15(12(3)16(10)25-6)9-22-17(23)19(5,21-18(22)24)14-7-11(2)26-13(14)4/h7-8H,9H2,1-6H3,(H,21,24)/t19-/m1/s1. The molecule has 26 heavy (non-hydrogen) atoms. The number of hydrogen-bond donors (Lipinski definition) is 1. The number of aromatic nitrogens is 1. The van der Waals surface area contributed by atoms with Crippen molar-refractivity contribution in [2.24, 2.45) is 0 Å². The number of carbonyl (C=O) groups excluding carboxylic acids is 2. The number of pyridine rings is 1. The third-order valence-corrected chi connectivity index (χ3v) is 4.91. The average Bonchev–Trinajstić information content (AvgIpc) is 3.02. The van der Waals surface area contributed by atoms with Crippen LogP contribution in [0.1, 0.15) is 40.8 Å². The van der Waals surface area contributed by atoms with E-state index >= 15 is 0 Å². The Morgan fingerprint density at radius 3 is 2.54 bits per heavy atom. The predicted octanol–water partition coefficient (Wildman–Crippen LogP) is 2.88. The largest absolute Gasteiger partial charge is 0.496 e. The monoisotopic (exact) mass is 357 g/mol. The highest BCUT2D eigenvalue weighted by Crippen LogP contribution is 2.34. The van der Waals surface area contributed by atoms with E-state index in [-0.39, 0.29) is 12.5 Å². The summed E-state index contributed by atoms with van der Waals surface area (Å²) in [7, 11) is 1.59. The zero-order valence-corrected chi connectivity index (χ0v) is 15.9. The maximum Gasteiger partial charge on any atom is 0.325 e. The Morgan fingerprint density at radius 1 is 1.27 bits per heavy atom. The number of aryl methyl sites for hydroxylation is 3. The zero-order chi connectivity index (χ0) is 19.2. The molecule has 3 amide bonds. The van der Waals surface area contributed by atoms with Crippen LogP contribution >= 0.6 is 0 Å². The number of amides is 3. The average molecular weight is 357 g/mol. The molecule has 138 valence electrons. The van der Waals surface area contributed by atoms with E-state index < -0.39 is 11.6 Å². The fraction of sp³-hybridized carbons (Fsp3) is 0.421. The fourth-order valence-electron chi connectivity index (χ4n) is 3.53. The second-order valence-corrected chi connectivity index (χ2v) is 6.82. The van der Waals surface area contributed by atoms with Crippen LogP contribution in [0.3, 0.4) is 0 Å². The van der Waals surface area contributed by atoms with Gasteiger partial charge in [-0.3, -0.25) is 14.7 Å². The van der Waals surface area contributed by atoms with Crippen molar-refractivity contribution in [3.63, 3.8) is 0 Å². The molecule has 1 aliphatic rings. The lowest BCUT2D eigenvalue weighted by Crippen LogP contribution is -2.41. The Bertz CT molecular complexity index is 902. The molecule has 0 aliphatic carbocycles. The third kappa shape index (κ3) is 2.64. The lowest BCUT2D eigenvalue weighted by Gasteiger charge is -2.21. The maximum atomic E-state index is 13.1. The normalized spacial score (nSPS) is 19.8. The van der Waals surface area contributed by atoms with Crippen molar-refractivity contribution in [3.8, 4) is 5.75 Å². The fourth-order valence-corrected chi connectivity index (χ4v) is 3.53. The van der Waals surface area contributed by atoms with E-state index in [0.717, 1.165) is 11.1 Å². The molecular weight excluding hydrogens is 334 g/mol. The number of rotatable bonds is 4. The first-order valence-corrected chi connectivity index (χ1v) is 8.39. The molecule has 1 N–H and O–H groups in total. The summed E-state index contributed by atoms with van der Waals surface area (Å²) in [6.45, 7) is 9.14. The molecule has 7 nitrogen and oxygen atoms in total. The highest BCUT2D eigenvalue weighted by atomic mass is 16.5. The van der Waals surface area contributed by atoms with Gasteiger partial charge in [0.2, 0.25) is 0 Å². The highest BCUT2D eigenvalue weighted by molar-refractivity contribution is 6.07. The minimum atomic E-state index is -1.15. The van der Waals surface area contributed by atoms with E-state index in [1.54, 1.807) is 33.2 Å². The number of methoxy groups -OCH3 is 1. The molecule has 1 atom stereocenters. The van der Waals surface area contributed by atoms with Gasteiger partial charge in [0.25, 0.3) is 5.91 Å². The minimum absolute atomic E-state index is 0.0820. The summed E-state index contributed by atoms with van der Waals surface area (Å²) in [6.07, 6.45) is 1.68. The molecule has 0 spiro atoms. The highest BCUT2D eigenvalue weighted by Gasteiger charge is 2.50. The van der Waals surface area contributed by atoms with Gasteiger partial charge >= 0.3 is 6.03 Å². The van der Waals surface area contributed by atoms with Crippen LogP contribution < -0.4 is 10.1 Å². The number of carbonyl (C=O) groups is 2. The number of urea groups is 1. The second kappa shape index (κ2) is 6.16. The zero-order valence-electron chi connectivity index (χ0n) is 15.9. The van der Waals surface area contributed by atoms with Crippen molar-refractivity contribution in [1.29, 1.82) is 0 Å². The van der Waals surface area contributed by atoms with Crippen molar-refractivity contribution in [2.75, 3.05) is 7.11 Å². The first-order valence-electron chi connectivity index (χ1n) is 8.39. The molecule has 1 aliphatic heterocycles. The molecule has 2 aromatic heterocycles. The molecule has 7 heteroatoms. The summed E-state index contributed by atoms with van der Waals surface area (Å²) in [5.41, 5.74) is 1.86. The van der Waals surface area contributed by atoms with Crippen LogP contribution in [0, 0.1) is 27.7 Å². The molecule has 0 bridgehead atoms. The van der Waals surface area contributed by atoms with Gasteiger partial charge in [-0.15, -0.1) is 0 Å². The van der Waals surface area contributed by atoms with Gasteiger partial charge < -0.3 is 14.5 Å². The topological polar surface area (TPSA) is 84.7 Å². The molecule has 1 saturated heterocycles. The molecule has 1 fully saturated rings. The van der Waals surface area contributed by atoms with E-state index in [1.165, 1.54) is 4.90 Å². The van der Waals surface area contributed by atoms with Gasteiger partial charge in [0.15, 0.2) is 0 Å². The Balaban J connectivity index is 1.95. The van der Waals surface area contributed by atoms with Crippen molar-refractivity contribution in [2.45, 2.75) is 46.7 Å². The van der Waals surface area contributed by atoms with Crippen LogP contribution in [0.15, 0.2) is 16.7 Å². The van der Waals surface area contributed by atoms with E-state index in [1.807, 2.05) is 20.8 Å². The Morgan fingerprint density at radius 2 is 1.96 bits per heavy atom. The second-order valence-electron chi connectivity index (χ2n) is 6.82. The Kier molecular flexibility index (Phi) is 4.26. The van der Waals surface area contributed by atoms with E-state index in [2.05, 4.69) is 10.3 Å². The lowest BCUT2D eigenvalue weighted by atomic mass is 9.92. The van der Waals surface area contributed by atoms with Crippen LogP contribution in [0.2, 0.25) is 0 Å². The van der Waals surface area contributed by atoms with Gasteiger partial charge in [0, 0.05) is 22.9 Å². The lowest BCUT2D eigenvalue weighted by molar-refractivity contribution is -0.131. The van der Waals surface area contributed by atoms with Gasteiger partial charge in [-0.25, -0.2) is 4.79 Å². The van der Waals surface area contributed by atoms with E-state index in [0.29, 0.717) is 28.5 Å².